The largest absolute Gasteiger partial charge is 0.482 e. The zero-order valence-electron chi connectivity index (χ0n) is 13.4. The molecule has 0 amide bonds. The van der Waals surface area contributed by atoms with Crippen molar-refractivity contribution >= 4 is 17.3 Å². The molecule has 2 heterocycles. The Balaban J connectivity index is 1.49. The second kappa shape index (κ2) is 7.31. The summed E-state index contributed by atoms with van der Waals surface area (Å²) in [6.45, 7) is 3.88. The zero-order valence-corrected chi connectivity index (χ0v) is 14.3. The third kappa shape index (κ3) is 4.23. The zero-order chi connectivity index (χ0) is 16.9. The van der Waals surface area contributed by atoms with E-state index in [2.05, 4.69) is 5.16 Å². The van der Waals surface area contributed by atoms with E-state index in [1.54, 1.807) is 17.4 Å². The summed E-state index contributed by atoms with van der Waals surface area (Å²) < 4.78 is 15.9. The van der Waals surface area contributed by atoms with E-state index in [0.717, 1.165) is 16.0 Å². The van der Waals surface area contributed by atoms with Crippen LogP contribution in [0.4, 0.5) is 0 Å². The molecule has 0 unspecified atom stereocenters. The van der Waals surface area contributed by atoms with Gasteiger partial charge in [-0.25, -0.2) is 4.79 Å². The monoisotopic (exact) mass is 343 g/mol. The quantitative estimate of drug-likeness (QED) is 0.629. The van der Waals surface area contributed by atoms with Crippen molar-refractivity contribution in [2.45, 2.75) is 20.5 Å². The summed E-state index contributed by atoms with van der Waals surface area (Å²) in [4.78, 5) is 12.8. The molecule has 0 saturated heterocycles. The van der Waals surface area contributed by atoms with E-state index in [1.807, 2.05) is 49.6 Å². The van der Waals surface area contributed by atoms with Gasteiger partial charge in [-0.15, -0.1) is 11.3 Å². The number of benzene rings is 1. The highest BCUT2D eigenvalue weighted by atomic mass is 32.1. The van der Waals surface area contributed by atoms with Gasteiger partial charge in [0.05, 0.1) is 4.88 Å². The Labute approximate surface area is 143 Å². The molecule has 3 aromatic rings. The standard InChI is InChI=1S/C18H17NO4S/c1-12-6-13(2)8-15(7-12)21-11-18(20)22-10-14-9-16(23-19-14)17-4-3-5-24-17/h3-9H,10-11H2,1-2H3. The van der Waals surface area contributed by atoms with Crippen molar-refractivity contribution in [1.29, 1.82) is 0 Å². The predicted octanol–water partition coefficient (Wildman–Crippen LogP) is 4.14. The molecule has 124 valence electrons. The van der Waals surface area contributed by atoms with Gasteiger partial charge in [-0.1, -0.05) is 17.3 Å². The van der Waals surface area contributed by atoms with Crippen LogP contribution in [0.5, 0.6) is 5.75 Å². The van der Waals surface area contributed by atoms with Crippen LogP contribution in [0.3, 0.4) is 0 Å². The van der Waals surface area contributed by atoms with E-state index in [4.69, 9.17) is 14.0 Å². The van der Waals surface area contributed by atoms with Crippen molar-refractivity contribution in [3.63, 3.8) is 0 Å². The Hall–Kier alpha value is -2.60. The third-order valence-electron chi connectivity index (χ3n) is 3.26. The molecule has 0 N–H and O–H groups in total. The molecule has 3 rings (SSSR count). The number of hydrogen-bond donors (Lipinski definition) is 0. The van der Waals surface area contributed by atoms with Crippen molar-refractivity contribution < 1.29 is 18.8 Å². The number of aromatic nitrogens is 1. The predicted molar refractivity (Wildman–Crippen MR) is 91.0 cm³/mol. The number of aryl methyl sites for hydroxylation is 2. The second-order valence-corrected chi connectivity index (χ2v) is 6.38. The molecule has 0 aliphatic heterocycles. The SMILES string of the molecule is Cc1cc(C)cc(OCC(=O)OCc2cc(-c3cccs3)on2)c1. The maximum Gasteiger partial charge on any atom is 0.344 e. The molecule has 0 saturated carbocycles. The molecular weight excluding hydrogens is 326 g/mol. The Kier molecular flexibility index (Phi) is 4.96. The lowest BCUT2D eigenvalue weighted by Crippen LogP contribution is -2.15. The van der Waals surface area contributed by atoms with E-state index in [1.165, 1.54) is 0 Å². The van der Waals surface area contributed by atoms with Crippen molar-refractivity contribution in [2.75, 3.05) is 6.61 Å². The molecule has 1 aromatic carbocycles. The fraction of sp³-hybridized carbons (Fsp3) is 0.222. The lowest BCUT2D eigenvalue weighted by Gasteiger charge is -2.07. The average Bonchev–Trinajstić information content (AvgIpc) is 3.20. The normalized spacial score (nSPS) is 10.6. The first-order chi connectivity index (χ1) is 11.6. The maximum atomic E-state index is 11.8. The smallest absolute Gasteiger partial charge is 0.344 e. The fourth-order valence-electron chi connectivity index (χ4n) is 2.27. The van der Waals surface area contributed by atoms with Gasteiger partial charge in [-0.05, 0) is 48.6 Å². The van der Waals surface area contributed by atoms with Gasteiger partial charge in [0, 0.05) is 6.07 Å². The molecule has 0 fully saturated rings. The van der Waals surface area contributed by atoms with Crippen LogP contribution in [0.15, 0.2) is 46.3 Å². The van der Waals surface area contributed by atoms with Crippen LogP contribution in [0, 0.1) is 13.8 Å². The van der Waals surface area contributed by atoms with Gasteiger partial charge in [-0.2, -0.15) is 0 Å². The highest BCUT2D eigenvalue weighted by Gasteiger charge is 2.10. The minimum atomic E-state index is -0.449. The second-order valence-electron chi connectivity index (χ2n) is 5.43. The van der Waals surface area contributed by atoms with Gasteiger partial charge in [0.2, 0.25) is 0 Å². The van der Waals surface area contributed by atoms with Crippen molar-refractivity contribution in [1.82, 2.24) is 5.16 Å². The Morgan fingerprint density at radius 3 is 2.71 bits per heavy atom. The lowest BCUT2D eigenvalue weighted by atomic mass is 10.1. The summed E-state index contributed by atoms with van der Waals surface area (Å²) in [5.74, 6) is 0.878. The van der Waals surface area contributed by atoms with Crippen molar-refractivity contribution in [2.24, 2.45) is 0 Å². The number of rotatable bonds is 6. The van der Waals surface area contributed by atoms with Crippen LogP contribution < -0.4 is 4.74 Å². The van der Waals surface area contributed by atoms with E-state index in [-0.39, 0.29) is 13.2 Å². The first-order valence-corrected chi connectivity index (χ1v) is 8.34. The van der Waals surface area contributed by atoms with Gasteiger partial charge >= 0.3 is 5.97 Å². The molecule has 0 aliphatic carbocycles. The molecule has 0 radical (unpaired) electrons. The molecule has 0 bridgehead atoms. The van der Waals surface area contributed by atoms with E-state index >= 15 is 0 Å². The van der Waals surface area contributed by atoms with Crippen LogP contribution in [-0.2, 0) is 16.1 Å². The number of ether oxygens (including phenoxy) is 2. The van der Waals surface area contributed by atoms with Gasteiger partial charge < -0.3 is 14.0 Å². The number of thiophene rings is 1. The highest BCUT2D eigenvalue weighted by Crippen LogP contribution is 2.25. The molecule has 0 atom stereocenters. The van der Waals surface area contributed by atoms with Crippen molar-refractivity contribution in [3.8, 4) is 16.4 Å². The van der Waals surface area contributed by atoms with E-state index in [0.29, 0.717) is 17.2 Å². The van der Waals surface area contributed by atoms with Crippen LogP contribution in [-0.4, -0.2) is 17.7 Å². The number of carbonyl (C=O) groups is 1. The van der Waals surface area contributed by atoms with E-state index < -0.39 is 5.97 Å². The minimum Gasteiger partial charge on any atom is -0.482 e. The fourth-order valence-corrected chi connectivity index (χ4v) is 2.94. The van der Waals surface area contributed by atoms with Gasteiger partial charge in [0.15, 0.2) is 12.4 Å². The summed E-state index contributed by atoms with van der Waals surface area (Å²) >= 11 is 1.56. The topological polar surface area (TPSA) is 61.6 Å². The van der Waals surface area contributed by atoms with Gasteiger partial charge in [-0.3, -0.25) is 0 Å². The molecule has 0 spiro atoms. The molecule has 24 heavy (non-hydrogen) atoms. The average molecular weight is 343 g/mol. The number of hydrogen-bond acceptors (Lipinski definition) is 6. The number of nitrogens with zero attached hydrogens (tertiary/aromatic N) is 1. The molecule has 0 aliphatic rings. The molecule has 6 heteroatoms. The van der Waals surface area contributed by atoms with Crippen LogP contribution in [0.2, 0.25) is 0 Å². The lowest BCUT2D eigenvalue weighted by molar-refractivity contribution is -0.147. The van der Waals surface area contributed by atoms with Gasteiger partial charge in [0.25, 0.3) is 0 Å². The summed E-state index contributed by atoms with van der Waals surface area (Å²) in [6, 6.07) is 11.5. The van der Waals surface area contributed by atoms with Crippen molar-refractivity contribution in [3.05, 3.63) is 58.6 Å². The first-order valence-electron chi connectivity index (χ1n) is 7.46. The summed E-state index contributed by atoms with van der Waals surface area (Å²) in [5.41, 5.74) is 2.74. The van der Waals surface area contributed by atoms with Gasteiger partial charge in [0.1, 0.15) is 18.1 Å². The summed E-state index contributed by atoms with van der Waals surface area (Å²) in [6.07, 6.45) is 0. The minimum absolute atomic E-state index is 0.0594. The molecule has 5 nitrogen and oxygen atoms in total. The first kappa shape index (κ1) is 16.3. The Morgan fingerprint density at radius 2 is 2.00 bits per heavy atom. The number of carbonyl (C=O) groups excluding carboxylic acids is 1. The Bertz CT molecular complexity index is 803. The third-order valence-corrected chi connectivity index (χ3v) is 4.14. The van der Waals surface area contributed by atoms with Crippen LogP contribution in [0.1, 0.15) is 16.8 Å². The highest BCUT2D eigenvalue weighted by molar-refractivity contribution is 7.13. The van der Waals surface area contributed by atoms with Crippen LogP contribution in [0.25, 0.3) is 10.6 Å². The Morgan fingerprint density at radius 1 is 1.21 bits per heavy atom. The van der Waals surface area contributed by atoms with E-state index in [9.17, 15) is 4.79 Å². The maximum absolute atomic E-state index is 11.8. The summed E-state index contributed by atoms with van der Waals surface area (Å²) in [7, 11) is 0. The number of esters is 1. The summed E-state index contributed by atoms with van der Waals surface area (Å²) in [5, 5.41) is 5.86. The molecule has 2 aromatic heterocycles. The van der Waals surface area contributed by atoms with Crippen LogP contribution >= 0.6 is 11.3 Å². The molecular formula is C18H17NO4S.